The fraction of sp³-hybridized carbons (Fsp3) is 0.750. The number of hydrogen-bond acceptors (Lipinski definition) is 3. The predicted octanol–water partition coefficient (Wildman–Crippen LogP) is 0.112. The first-order valence-corrected chi connectivity index (χ1v) is 6.43. The molecule has 0 saturated carbocycles. The van der Waals surface area contributed by atoms with Gasteiger partial charge in [-0.25, -0.2) is 9.59 Å². The number of rotatable bonds is 4. The molecule has 7 heteroatoms. The monoisotopic (exact) mass is 271 g/mol. The average Bonchev–Trinajstić information content (AvgIpc) is 2.86. The lowest BCUT2D eigenvalue weighted by Gasteiger charge is -2.25. The van der Waals surface area contributed by atoms with Crippen LogP contribution in [0.15, 0.2) is 0 Å². The first-order valence-electron chi connectivity index (χ1n) is 6.43. The Bertz CT molecular complexity index is 372. The van der Waals surface area contributed by atoms with Crippen molar-refractivity contribution in [1.29, 1.82) is 0 Å². The number of carbonyl (C=O) groups is 3. The number of carboxylic acid groups (broad SMARTS) is 1. The van der Waals surface area contributed by atoms with Gasteiger partial charge in [-0.05, 0) is 26.7 Å². The van der Waals surface area contributed by atoms with Gasteiger partial charge < -0.3 is 20.2 Å². The van der Waals surface area contributed by atoms with E-state index in [-0.39, 0.29) is 5.91 Å². The molecule has 0 aliphatic carbocycles. The molecule has 1 unspecified atom stereocenters. The van der Waals surface area contributed by atoms with Crippen molar-refractivity contribution >= 4 is 17.9 Å². The van der Waals surface area contributed by atoms with E-state index in [2.05, 4.69) is 5.32 Å². The zero-order valence-electron chi connectivity index (χ0n) is 11.5. The summed E-state index contributed by atoms with van der Waals surface area (Å²) in [7, 11) is 1.65. The highest BCUT2D eigenvalue weighted by Gasteiger charge is 2.35. The number of likely N-dealkylation sites (N-methyl/N-ethyl adjacent to an activating group) is 1. The average molecular weight is 271 g/mol. The van der Waals surface area contributed by atoms with Crippen molar-refractivity contribution in [2.45, 2.75) is 38.8 Å². The summed E-state index contributed by atoms with van der Waals surface area (Å²) < 4.78 is 0. The fourth-order valence-corrected chi connectivity index (χ4v) is 2.08. The molecule has 1 fully saturated rings. The lowest BCUT2D eigenvalue weighted by Crippen LogP contribution is -2.52. The van der Waals surface area contributed by atoms with E-state index in [0.717, 1.165) is 0 Å². The number of urea groups is 1. The van der Waals surface area contributed by atoms with Gasteiger partial charge in [-0.15, -0.1) is 0 Å². The fourth-order valence-electron chi connectivity index (χ4n) is 2.08. The van der Waals surface area contributed by atoms with Gasteiger partial charge in [-0.3, -0.25) is 4.79 Å². The van der Waals surface area contributed by atoms with Gasteiger partial charge in [-0.2, -0.15) is 0 Å². The van der Waals surface area contributed by atoms with E-state index in [1.807, 2.05) is 6.92 Å². The lowest BCUT2D eigenvalue weighted by atomic mass is 10.2. The Balaban J connectivity index is 2.59. The number of carbonyl (C=O) groups excluding carboxylic acids is 2. The smallest absolute Gasteiger partial charge is 0.326 e. The Hall–Kier alpha value is -1.79. The van der Waals surface area contributed by atoms with Crippen LogP contribution in [0.2, 0.25) is 0 Å². The minimum absolute atomic E-state index is 0.193. The van der Waals surface area contributed by atoms with Crippen LogP contribution in [0.3, 0.4) is 0 Å². The van der Waals surface area contributed by atoms with Crippen molar-refractivity contribution in [1.82, 2.24) is 15.1 Å². The summed E-state index contributed by atoms with van der Waals surface area (Å²) in [6.45, 7) is 4.40. The summed E-state index contributed by atoms with van der Waals surface area (Å²) in [5.74, 6) is -1.20. The van der Waals surface area contributed by atoms with Crippen molar-refractivity contribution in [2.24, 2.45) is 0 Å². The van der Waals surface area contributed by atoms with Gasteiger partial charge >= 0.3 is 12.0 Å². The maximum atomic E-state index is 12.0. The zero-order chi connectivity index (χ0) is 14.6. The highest BCUT2D eigenvalue weighted by Crippen LogP contribution is 2.17. The van der Waals surface area contributed by atoms with Gasteiger partial charge in [-0.1, -0.05) is 0 Å². The molecule has 7 nitrogen and oxygen atoms in total. The van der Waals surface area contributed by atoms with E-state index in [1.165, 1.54) is 9.80 Å². The maximum Gasteiger partial charge on any atom is 0.326 e. The summed E-state index contributed by atoms with van der Waals surface area (Å²) in [5.41, 5.74) is 0. The van der Waals surface area contributed by atoms with Crippen molar-refractivity contribution in [3.05, 3.63) is 0 Å². The Morgan fingerprint density at radius 3 is 2.63 bits per heavy atom. The van der Waals surface area contributed by atoms with E-state index >= 15 is 0 Å². The van der Waals surface area contributed by atoms with Gasteiger partial charge in [0.25, 0.3) is 0 Å². The van der Waals surface area contributed by atoms with Crippen molar-refractivity contribution in [3.63, 3.8) is 0 Å². The molecule has 108 valence electrons. The van der Waals surface area contributed by atoms with E-state index in [1.54, 1.807) is 14.0 Å². The zero-order valence-corrected chi connectivity index (χ0v) is 11.5. The number of hydrogen-bond donors (Lipinski definition) is 2. The SMILES string of the molecule is CCN(C)C(=O)C(C)NC(=O)N1CCC[C@@H]1C(=O)O. The minimum Gasteiger partial charge on any atom is -0.480 e. The molecule has 2 N–H and O–H groups in total. The van der Waals surface area contributed by atoms with E-state index in [4.69, 9.17) is 5.11 Å². The highest BCUT2D eigenvalue weighted by atomic mass is 16.4. The van der Waals surface area contributed by atoms with E-state index < -0.39 is 24.1 Å². The van der Waals surface area contributed by atoms with Crippen LogP contribution in [-0.4, -0.2) is 65.0 Å². The number of amides is 3. The molecule has 3 amide bonds. The van der Waals surface area contributed by atoms with E-state index in [9.17, 15) is 14.4 Å². The molecule has 0 aromatic heterocycles. The second-order valence-electron chi connectivity index (χ2n) is 4.71. The molecule has 0 bridgehead atoms. The molecular formula is C12H21N3O4. The van der Waals surface area contributed by atoms with Crippen LogP contribution in [0.5, 0.6) is 0 Å². The summed E-state index contributed by atoms with van der Waals surface area (Å²) in [4.78, 5) is 37.6. The molecule has 1 aliphatic rings. The van der Waals surface area contributed by atoms with E-state index in [0.29, 0.717) is 25.9 Å². The molecule has 0 aromatic carbocycles. The number of nitrogens with zero attached hydrogens (tertiary/aromatic N) is 2. The first kappa shape index (κ1) is 15.3. The first-order chi connectivity index (χ1) is 8.88. The van der Waals surface area contributed by atoms with Gasteiger partial charge in [0.1, 0.15) is 12.1 Å². The van der Waals surface area contributed by atoms with Crippen LogP contribution in [-0.2, 0) is 9.59 Å². The largest absolute Gasteiger partial charge is 0.480 e. The minimum atomic E-state index is -1.00. The molecule has 1 heterocycles. The van der Waals surface area contributed by atoms with Crippen molar-refractivity contribution in [3.8, 4) is 0 Å². The maximum absolute atomic E-state index is 12.0. The summed E-state index contributed by atoms with van der Waals surface area (Å²) in [6.07, 6.45) is 1.13. The quantitative estimate of drug-likeness (QED) is 0.759. The molecule has 0 spiro atoms. The molecule has 0 aromatic rings. The molecular weight excluding hydrogens is 250 g/mol. The summed E-state index contributed by atoms with van der Waals surface area (Å²) in [5, 5.41) is 11.6. The van der Waals surface area contributed by atoms with Gasteiger partial charge in [0.15, 0.2) is 0 Å². The number of nitrogens with one attached hydrogen (secondary N) is 1. The third-order valence-electron chi connectivity index (χ3n) is 3.36. The Kier molecular flexibility index (Phi) is 5.14. The van der Waals surface area contributed by atoms with Crippen LogP contribution in [0.25, 0.3) is 0 Å². The standard InChI is InChI=1S/C12H21N3O4/c1-4-14(3)10(16)8(2)13-12(19)15-7-5-6-9(15)11(17)18/h8-9H,4-7H2,1-3H3,(H,13,19)(H,17,18)/t8?,9-/m1/s1. The highest BCUT2D eigenvalue weighted by molar-refractivity contribution is 5.88. The van der Waals surface area contributed by atoms with Gasteiger partial charge in [0.2, 0.25) is 5.91 Å². The number of likely N-dealkylation sites (tertiary alicyclic amines) is 1. The second-order valence-corrected chi connectivity index (χ2v) is 4.71. The molecule has 2 atom stereocenters. The lowest BCUT2D eigenvalue weighted by molar-refractivity contribution is -0.141. The number of carboxylic acids is 1. The molecule has 1 aliphatic heterocycles. The van der Waals surface area contributed by atoms with Crippen molar-refractivity contribution in [2.75, 3.05) is 20.1 Å². The van der Waals surface area contributed by atoms with Crippen LogP contribution < -0.4 is 5.32 Å². The second kappa shape index (κ2) is 6.40. The van der Waals surface area contributed by atoms with Gasteiger partial charge in [0, 0.05) is 20.1 Å². The Morgan fingerprint density at radius 1 is 1.47 bits per heavy atom. The third-order valence-corrected chi connectivity index (χ3v) is 3.36. The van der Waals surface area contributed by atoms with Crippen molar-refractivity contribution < 1.29 is 19.5 Å². The van der Waals surface area contributed by atoms with Crippen LogP contribution >= 0.6 is 0 Å². The molecule has 0 radical (unpaired) electrons. The van der Waals surface area contributed by atoms with Crippen LogP contribution in [0.4, 0.5) is 4.79 Å². The third kappa shape index (κ3) is 3.59. The predicted molar refractivity (Wildman–Crippen MR) is 68.7 cm³/mol. The Morgan fingerprint density at radius 2 is 2.11 bits per heavy atom. The molecule has 19 heavy (non-hydrogen) atoms. The molecule has 1 rings (SSSR count). The van der Waals surface area contributed by atoms with Gasteiger partial charge in [0.05, 0.1) is 0 Å². The molecule has 1 saturated heterocycles. The summed E-state index contributed by atoms with van der Waals surface area (Å²) >= 11 is 0. The summed E-state index contributed by atoms with van der Waals surface area (Å²) in [6, 6.07) is -1.94. The Labute approximate surface area is 112 Å². The topological polar surface area (TPSA) is 90.0 Å². The van der Waals surface area contributed by atoms with Crippen LogP contribution in [0, 0.1) is 0 Å². The number of aliphatic carboxylic acids is 1. The van der Waals surface area contributed by atoms with Crippen LogP contribution in [0.1, 0.15) is 26.7 Å². The normalized spacial score (nSPS) is 19.9.